The van der Waals surface area contributed by atoms with Crippen molar-refractivity contribution in [3.05, 3.63) is 54.7 Å². The van der Waals surface area contributed by atoms with Gasteiger partial charge in [-0.2, -0.15) is 5.10 Å². The molecule has 0 atom stereocenters. The van der Waals surface area contributed by atoms with Gasteiger partial charge in [0, 0.05) is 29.5 Å². The second-order valence-electron chi connectivity index (χ2n) is 5.92. The molecule has 1 aromatic carbocycles. The van der Waals surface area contributed by atoms with Crippen LogP contribution in [0.15, 0.2) is 48.9 Å². The minimum atomic E-state index is -0.434. The molecule has 8 heteroatoms. The molecule has 126 valence electrons. The summed E-state index contributed by atoms with van der Waals surface area (Å²) in [4.78, 5) is 15.9. The Morgan fingerprint density at radius 2 is 2.00 bits per heavy atom. The highest BCUT2D eigenvalue weighted by molar-refractivity contribution is 5.95. The Morgan fingerprint density at radius 3 is 2.85 bits per heavy atom. The maximum atomic E-state index is 14.6. The van der Waals surface area contributed by atoms with E-state index in [1.54, 1.807) is 24.7 Å². The molecule has 5 aromatic rings. The Kier molecular flexibility index (Phi) is 2.99. The van der Waals surface area contributed by atoms with Gasteiger partial charge < -0.3 is 10.7 Å². The van der Waals surface area contributed by atoms with Gasteiger partial charge in [0.25, 0.3) is 0 Å². The molecular weight excluding hydrogens is 333 g/mol. The maximum absolute atomic E-state index is 14.6. The molecule has 0 aliphatic rings. The minimum absolute atomic E-state index is 0.244. The molecule has 0 bridgehead atoms. The molecule has 0 amide bonds. The van der Waals surface area contributed by atoms with Crippen LogP contribution in [-0.4, -0.2) is 30.1 Å². The number of nitrogens with one attached hydrogen (secondary N) is 2. The van der Waals surface area contributed by atoms with Gasteiger partial charge >= 0.3 is 0 Å². The first-order chi connectivity index (χ1) is 12.7. The molecule has 0 radical (unpaired) electrons. The summed E-state index contributed by atoms with van der Waals surface area (Å²) in [6.07, 6.45) is 4.85. The van der Waals surface area contributed by atoms with Crippen molar-refractivity contribution in [1.82, 2.24) is 30.1 Å². The number of halogens is 1. The lowest BCUT2D eigenvalue weighted by Crippen LogP contribution is -1.89. The number of rotatable bonds is 2. The number of fused-ring (bicyclic) bond motifs is 2. The third-order valence-electron chi connectivity index (χ3n) is 4.20. The average Bonchev–Trinajstić information content (AvgIpc) is 3.25. The largest absolute Gasteiger partial charge is 0.397 e. The Hall–Kier alpha value is -3.81. The van der Waals surface area contributed by atoms with Gasteiger partial charge in [-0.3, -0.25) is 10.1 Å². The van der Waals surface area contributed by atoms with Gasteiger partial charge in [0.05, 0.1) is 11.2 Å². The van der Waals surface area contributed by atoms with E-state index < -0.39 is 5.82 Å². The summed E-state index contributed by atoms with van der Waals surface area (Å²) in [5.74, 6) is 0.111. The van der Waals surface area contributed by atoms with E-state index in [0.29, 0.717) is 33.8 Å². The Bertz CT molecular complexity index is 1240. The van der Waals surface area contributed by atoms with E-state index >= 15 is 0 Å². The first kappa shape index (κ1) is 14.5. The lowest BCUT2D eigenvalue weighted by molar-refractivity contribution is 0.636. The number of imidazole rings is 1. The Labute approximate surface area is 146 Å². The first-order valence-electron chi connectivity index (χ1n) is 7.89. The van der Waals surface area contributed by atoms with Crippen molar-refractivity contribution in [3.8, 4) is 22.6 Å². The van der Waals surface area contributed by atoms with E-state index in [9.17, 15) is 4.39 Å². The molecule has 26 heavy (non-hydrogen) atoms. The number of hydrogen-bond acceptors (Lipinski definition) is 5. The number of anilines is 1. The molecule has 4 heterocycles. The summed E-state index contributed by atoms with van der Waals surface area (Å²) in [5.41, 5.74) is 9.91. The van der Waals surface area contributed by atoms with E-state index in [-0.39, 0.29) is 5.52 Å². The van der Waals surface area contributed by atoms with Crippen molar-refractivity contribution in [1.29, 1.82) is 0 Å². The van der Waals surface area contributed by atoms with E-state index in [2.05, 4.69) is 30.1 Å². The van der Waals surface area contributed by atoms with Gasteiger partial charge in [0.1, 0.15) is 11.2 Å². The van der Waals surface area contributed by atoms with Crippen LogP contribution in [0.25, 0.3) is 44.7 Å². The SMILES string of the molecule is Nc1cncc(-c2cc(F)c3n[nH]c(-c4nc5ncccc5[nH]4)c3c2)c1. The predicted molar refractivity (Wildman–Crippen MR) is 96.6 cm³/mol. The molecule has 0 saturated heterocycles. The standard InChI is InChI=1S/C18H12FN7/c19-13-6-9(10-4-11(20)8-21-7-10)5-12-15(13)25-26-16(12)18-23-14-2-1-3-22-17(14)24-18/h1-8H,20H2,(H,25,26)(H,22,23,24). The third kappa shape index (κ3) is 2.20. The van der Waals surface area contributed by atoms with Gasteiger partial charge in [-0.1, -0.05) is 0 Å². The Balaban J connectivity index is 1.74. The highest BCUT2D eigenvalue weighted by atomic mass is 19.1. The number of hydrogen-bond donors (Lipinski definition) is 3. The second kappa shape index (κ2) is 5.35. The molecule has 0 fully saturated rings. The summed E-state index contributed by atoms with van der Waals surface area (Å²) in [6, 6.07) is 8.71. The van der Waals surface area contributed by atoms with Crippen molar-refractivity contribution in [3.63, 3.8) is 0 Å². The zero-order valence-electron chi connectivity index (χ0n) is 13.4. The van der Waals surface area contributed by atoms with Gasteiger partial charge in [0.15, 0.2) is 17.3 Å². The predicted octanol–water partition coefficient (Wildman–Crippen LogP) is 3.28. The summed E-state index contributed by atoms with van der Waals surface area (Å²) >= 11 is 0. The maximum Gasteiger partial charge on any atom is 0.178 e. The molecule has 4 aromatic heterocycles. The molecule has 4 N–H and O–H groups in total. The lowest BCUT2D eigenvalue weighted by atomic mass is 10.0. The minimum Gasteiger partial charge on any atom is -0.397 e. The monoisotopic (exact) mass is 345 g/mol. The molecule has 7 nitrogen and oxygen atoms in total. The van der Waals surface area contributed by atoms with E-state index in [4.69, 9.17) is 5.73 Å². The van der Waals surface area contributed by atoms with Crippen molar-refractivity contribution in [2.45, 2.75) is 0 Å². The average molecular weight is 345 g/mol. The molecule has 0 aliphatic carbocycles. The zero-order chi connectivity index (χ0) is 17.7. The highest BCUT2D eigenvalue weighted by Gasteiger charge is 2.16. The fourth-order valence-corrected chi connectivity index (χ4v) is 3.00. The van der Waals surface area contributed by atoms with Gasteiger partial charge in [0.2, 0.25) is 0 Å². The zero-order valence-corrected chi connectivity index (χ0v) is 13.4. The van der Waals surface area contributed by atoms with Crippen molar-refractivity contribution >= 4 is 27.8 Å². The highest BCUT2D eigenvalue weighted by Crippen LogP contribution is 2.32. The number of aromatic nitrogens is 6. The van der Waals surface area contributed by atoms with Crippen LogP contribution in [0.3, 0.4) is 0 Å². The van der Waals surface area contributed by atoms with Crippen LogP contribution in [0.4, 0.5) is 10.1 Å². The number of nitrogen functional groups attached to an aromatic ring is 1. The molecule has 0 spiro atoms. The molecule has 0 unspecified atom stereocenters. The summed E-state index contributed by atoms with van der Waals surface area (Å²) in [5, 5.41) is 7.58. The number of aromatic amines is 2. The molecule has 5 rings (SSSR count). The fourth-order valence-electron chi connectivity index (χ4n) is 3.00. The van der Waals surface area contributed by atoms with Crippen LogP contribution in [-0.2, 0) is 0 Å². The van der Waals surface area contributed by atoms with Crippen molar-refractivity contribution < 1.29 is 4.39 Å². The van der Waals surface area contributed by atoms with Gasteiger partial charge in [-0.15, -0.1) is 0 Å². The van der Waals surface area contributed by atoms with Crippen molar-refractivity contribution in [2.24, 2.45) is 0 Å². The van der Waals surface area contributed by atoms with E-state index in [1.165, 1.54) is 6.07 Å². The topological polar surface area (TPSA) is 109 Å². The molecule has 0 saturated carbocycles. The molecule has 0 aliphatic heterocycles. The Morgan fingerprint density at radius 1 is 1.08 bits per heavy atom. The van der Waals surface area contributed by atoms with Crippen LogP contribution in [0.5, 0.6) is 0 Å². The number of benzene rings is 1. The van der Waals surface area contributed by atoms with Crippen LogP contribution < -0.4 is 5.73 Å². The lowest BCUT2D eigenvalue weighted by Gasteiger charge is -2.04. The first-order valence-corrected chi connectivity index (χ1v) is 7.89. The van der Waals surface area contributed by atoms with Gasteiger partial charge in [-0.25, -0.2) is 14.4 Å². The van der Waals surface area contributed by atoms with Crippen LogP contribution in [0.1, 0.15) is 0 Å². The number of pyridine rings is 2. The second-order valence-corrected chi connectivity index (χ2v) is 5.92. The third-order valence-corrected chi connectivity index (χ3v) is 4.20. The van der Waals surface area contributed by atoms with Crippen LogP contribution in [0, 0.1) is 5.82 Å². The van der Waals surface area contributed by atoms with E-state index in [0.717, 1.165) is 11.1 Å². The normalized spacial score (nSPS) is 11.4. The van der Waals surface area contributed by atoms with Crippen LogP contribution in [0.2, 0.25) is 0 Å². The van der Waals surface area contributed by atoms with Crippen LogP contribution >= 0.6 is 0 Å². The van der Waals surface area contributed by atoms with Crippen molar-refractivity contribution in [2.75, 3.05) is 5.73 Å². The quantitative estimate of drug-likeness (QED) is 0.455. The van der Waals surface area contributed by atoms with Gasteiger partial charge in [-0.05, 0) is 35.9 Å². The number of H-pyrrole nitrogens is 2. The summed E-state index contributed by atoms with van der Waals surface area (Å²) in [7, 11) is 0. The molecular formula is C18H12FN7. The summed E-state index contributed by atoms with van der Waals surface area (Å²) < 4.78 is 14.6. The number of nitrogens with zero attached hydrogens (tertiary/aromatic N) is 4. The van der Waals surface area contributed by atoms with E-state index in [1.807, 2.05) is 18.2 Å². The summed E-state index contributed by atoms with van der Waals surface area (Å²) in [6.45, 7) is 0. The smallest absolute Gasteiger partial charge is 0.178 e. The fraction of sp³-hybridized carbons (Fsp3) is 0. The number of nitrogens with two attached hydrogens (primary N) is 1.